The minimum absolute atomic E-state index is 0.498. The van der Waals surface area contributed by atoms with Gasteiger partial charge in [-0.25, -0.2) is 14.6 Å². The molecule has 152 valence electrons. The van der Waals surface area contributed by atoms with Crippen LogP contribution in [0.15, 0.2) is 79.5 Å². The smallest absolute Gasteiger partial charge is 0.161 e. The molecule has 0 aliphatic rings. The second kappa shape index (κ2) is 9.67. The lowest BCUT2D eigenvalue weighted by Gasteiger charge is -2.13. The van der Waals surface area contributed by atoms with Crippen LogP contribution in [0, 0.1) is 0 Å². The minimum Gasteiger partial charge on any atom is -0.493 e. The van der Waals surface area contributed by atoms with Gasteiger partial charge in [-0.1, -0.05) is 42.5 Å². The van der Waals surface area contributed by atoms with Gasteiger partial charge in [0.1, 0.15) is 19.3 Å². The molecule has 4 rings (SSSR count). The Hall–Kier alpha value is -3.71. The lowest BCUT2D eigenvalue weighted by molar-refractivity contribution is 0.284. The van der Waals surface area contributed by atoms with E-state index in [-0.39, 0.29) is 0 Å². The van der Waals surface area contributed by atoms with Crippen LogP contribution in [-0.4, -0.2) is 26.9 Å². The molecular weight excluding hydrogens is 378 g/mol. The van der Waals surface area contributed by atoms with Crippen LogP contribution in [0.4, 0.5) is 0 Å². The number of nitrogens with one attached hydrogen (secondary N) is 1. The van der Waals surface area contributed by atoms with E-state index in [0.717, 1.165) is 34.0 Å². The van der Waals surface area contributed by atoms with Crippen molar-refractivity contribution in [1.82, 2.24) is 25.1 Å². The van der Waals surface area contributed by atoms with Gasteiger partial charge < -0.3 is 14.8 Å². The van der Waals surface area contributed by atoms with Gasteiger partial charge in [0, 0.05) is 19.3 Å². The van der Waals surface area contributed by atoms with E-state index in [1.165, 1.54) is 6.33 Å². The molecule has 2 aromatic carbocycles. The second-order valence-corrected chi connectivity index (χ2v) is 6.73. The number of methoxy groups -OCH3 is 1. The Balaban J connectivity index is 1.34. The minimum atomic E-state index is 0.498. The highest BCUT2D eigenvalue weighted by molar-refractivity contribution is 5.43. The standard InChI is InChI=1S/C23H23N5O2/c1-29-21-9-7-19(11-22(21)30-15-18-5-3-2-4-6-18)12-24-13-20-8-10-23(26-14-20)28-17-25-16-27-28/h2-11,14,16-17,24H,12-13,15H2,1H3. The van der Waals surface area contributed by atoms with Crippen molar-refractivity contribution in [2.45, 2.75) is 19.7 Å². The van der Waals surface area contributed by atoms with Gasteiger partial charge in [0.05, 0.1) is 7.11 Å². The van der Waals surface area contributed by atoms with Gasteiger partial charge in [-0.05, 0) is 34.9 Å². The first-order valence-corrected chi connectivity index (χ1v) is 9.66. The van der Waals surface area contributed by atoms with E-state index in [1.807, 2.05) is 66.9 Å². The third-order valence-electron chi connectivity index (χ3n) is 4.59. The van der Waals surface area contributed by atoms with E-state index in [2.05, 4.69) is 20.4 Å². The third kappa shape index (κ3) is 5.01. The van der Waals surface area contributed by atoms with E-state index in [4.69, 9.17) is 9.47 Å². The van der Waals surface area contributed by atoms with Crippen LogP contribution in [0.5, 0.6) is 11.5 Å². The quantitative estimate of drug-likeness (QED) is 0.462. The molecule has 0 saturated carbocycles. The zero-order valence-corrected chi connectivity index (χ0v) is 16.7. The van der Waals surface area contributed by atoms with E-state index in [0.29, 0.717) is 19.7 Å². The van der Waals surface area contributed by atoms with Crippen molar-refractivity contribution in [3.05, 3.63) is 96.2 Å². The monoisotopic (exact) mass is 401 g/mol. The summed E-state index contributed by atoms with van der Waals surface area (Å²) in [5.41, 5.74) is 3.32. The molecule has 0 fully saturated rings. The molecule has 2 heterocycles. The van der Waals surface area contributed by atoms with Crippen LogP contribution >= 0.6 is 0 Å². The second-order valence-electron chi connectivity index (χ2n) is 6.73. The summed E-state index contributed by atoms with van der Waals surface area (Å²) in [6, 6.07) is 20.0. The Bertz CT molecular complexity index is 1050. The van der Waals surface area contributed by atoms with Crippen molar-refractivity contribution in [2.24, 2.45) is 0 Å². The average molecular weight is 401 g/mol. The molecule has 7 nitrogen and oxygen atoms in total. The average Bonchev–Trinajstić information content (AvgIpc) is 3.34. The Kier molecular flexibility index (Phi) is 6.31. The van der Waals surface area contributed by atoms with Gasteiger partial charge in [0.15, 0.2) is 17.3 Å². The van der Waals surface area contributed by atoms with E-state index in [1.54, 1.807) is 18.1 Å². The highest BCUT2D eigenvalue weighted by Crippen LogP contribution is 2.29. The van der Waals surface area contributed by atoms with Crippen LogP contribution < -0.4 is 14.8 Å². The van der Waals surface area contributed by atoms with Gasteiger partial charge in [-0.15, -0.1) is 0 Å². The van der Waals surface area contributed by atoms with Crippen molar-refractivity contribution >= 4 is 0 Å². The van der Waals surface area contributed by atoms with Crippen LogP contribution in [0.1, 0.15) is 16.7 Å². The summed E-state index contributed by atoms with van der Waals surface area (Å²) in [5, 5.41) is 7.52. The predicted octanol–water partition coefficient (Wildman–Crippen LogP) is 3.54. The summed E-state index contributed by atoms with van der Waals surface area (Å²) in [7, 11) is 1.65. The summed E-state index contributed by atoms with van der Waals surface area (Å²) in [6.07, 6.45) is 4.96. The molecule has 30 heavy (non-hydrogen) atoms. The molecule has 0 bridgehead atoms. The molecule has 0 amide bonds. The van der Waals surface area contributed by atoms with Crippen molar-refractivity contribution in [3.63, 3.8) is 0 Å². The molecule has 0 atom stereocenters. The van der Waals surface area contributed by atoms with Gasteiger partial charge in [-0.2, -0.15) is 5.10 Å². The summed E-state index contributed by atoms with van der Waals surface area (Å²) in [6.45, 7) is 1.91. The zero-order valence-electron chi connectivity index (χ0n) is 16.7. The van der Waals surface area contributed by atoms with Gasteiger partial charge in [0.2, 0.25) is 0 Å². The third-order valence-corrected chi connectivity index (χ3v) is 4.59. The fourth-order valence-corrected chi connectivity index (χ4v) is 3.01. The van der Waals surface area contributed by atoms with E-state index < -0.39 is 0 Å². The SMILES string of the molecule is COc1ccc(CNCc2ccc(-n3cncn3)nc2)cc1OCc1ccccc1. The van der Waals surface area contributed by atoms with Crippen molar-refractivity contribution in [1.29, 1.82) is 0 Å². The van der Waals surface area contributed by atoms with E-state index in [9.17, 15) is 0 Å². The maximum absolute atomic E-state index is 5.99. The zero-order chi connectivity index (χ0) is 20.6. The number of hydrogen-bond acceptors (Lipinski definition) is 6. The van der Waals surface area contributed by atoms with Crippen molar-refractivity contribution in [3.8, 4) is 17.3 Å². The number of benzene rings is 2. The van der Waals surface area contributed by atoms with E-state index >= 15 is 0 Å². The van der Waals surface area contributed by atoms with Gasteiger partial charge in [-0.3, -0.25) is 0 Å². The molecule has 4 aromatic rings. The lowest BCUT2D eigenvalue weighted by Crippen LogP contribution is -2.13. The van der Waals surface area contributed by atoms with Crippen LogP contribution in [0.2, 0.25) is 0 Å². The molecule has 0 unspecified atom stereocenters. The topological polar surface area (TPSA) is 74.1 Å². The highest BCUT2D eigenvalue weighted by atomic mass is 16.5. The number of hydrogen-bond donors (Lipinski definition) is 1. The molecule has 0 spiro atoms. The summed E-state index contributed by atoms with van der Waals surface area (Å²) in [4.78, 5) is 8.35. The molecular formula is C23H23N5O2. The van der Waals surface area contributed by atoms with Crippen LogP contribution in [0.25, 0.3) is 5.82 Å². The molecule has 0 saturated heterocycles. The molecule has 0 aliphatic heterocycles. The summed E-state index contributed by atoms with van der Waals surface area (Å²) >= 11 is 0. The maximum atomic E-state index is 5.99. The fourth-order valence-electron chi connectivity index (χ4n) is 3.01. The first kappa shape index (κ1) is 19.6. The molecule has 0 radical (unpaired) electrons. The molecule has 2 aromatic heterocycles. The number of pyridine rings is 1. The Morgan fingerprint density at radius 1 is 0.900 bits per heavy atom. The van der Waals surface area contributed by atoms with Gasteiger partial charge in [0.25, 0.3) is 0 Å². The van der Waals surface area contributed by atoms with Crippen molar-refractivity contribution < 1.29 is 9.47 Å². The molecule has 1 N–H and O–H groups in total. The maximum Gasteiger partial charge on any atom is 0.161 e. The first-order chi connectivity index (χ1) is 14.8. The highest BCUT2D eigenvalue weighted by Gasteiger charge is 2.07. The largest absolute Gasteiger partial charge is 0.493 e. The Labute approximate surface area is 175 Å². The number of aromatic nitrogens is 4. The predicted molar refractivity (Wildman–Crippen MR) is 113 cm³/mol. The van der Waals surface area contributed by atoms with Crippen molar-refractivity contribution in [2.75, 3.05) is 7.11 Å². The fraction of sp³-hybridized carbons (Fsp3) is 0.174. The normalized spacial score (nSPS) is 10.7. The number of nitrogens with zero attached hydrogens (tertiary/aromatic N) is 4. The lowest BCUT2D eigenvalue weighted by atomic mass is 10.2. The van der Waals surface area contributed by atoms with Crippen LogP contribution in [-0.2, 0) is 19.7 Å². The Morgan fingerprint density at radius 2 is 1.73 bits per heavy atom. The van der Waals surface area contributed by atoms with Gasteiger partial charge >= 0.3 is 0 Å². The molecule has 0 aliphatic carbocycles. The first-order valence-electron chi connectivity index (χ1n) is 9.66. The number of ether oxygens (including phenoxy) is 2. The summed E-state index contributed by atoms with van der Waals surface area (Å²) in [5.74, 6) is 2.20. The van der Waals surface area contributed by atoms with Crippen LogP contribution in [0.3, 0.4) is 0 Å². The number of rotatable bonds is 9. The Morgan fingerprint density at radius 3 is 2.47 bits per heavy atom. The summed E-state index contributed by atoms with van der Waals surface area (Å²) < 4.78 is 13.1. The molecule has 7 heteroatoms.